The van der Waals surface area contributed by atoms with E-state index >= 15 is 0 Å². The van der Waals surface area contributed by atoms with Gasteiger partial charge in [-0.1, -0.05) is 12.1 Å². The lowest BCUT2D eigenvalue weighted by atomic mass is 10.2. The van der Waals surface area contributed by atoms with E-state index in [0.29, 0.717) is 0 Å². The van der Waals surface area contributed by atoms with Gasteiger partial charge in [0.15, 0.2) is 0 Å². The number of benzene rings is 1. The first-order valence-electron chi connectivity index (χ1n) is 5.15. The number of hydrogen-bond donors (Lipinski definition) is 1. The Morgan fingerprint density at radius 1 is 1.56 bits per heavy atom. The van der Waals surface area contributed by atoms with Crippen LogP contribution in [-0.2, 0) is 16.1 Å². The molecule has 0 spiro atoms. The lowest BCUT2D eigenvalue weighted by Gasteiger charge is -2.09. The van der Waals surface area contributed by atoms with Crippen molar-refractivity contribution in [1.82, 2.24) is 5.32 Å². The van der Waals surface area contributed by atoms with Crippen molar-refractivity contribution in [2.45, 2.75) is 23.6 Å². The molecule has 0 aromatic heterocycles. The fourth-order valence-corrected chi connectivity index (χ4v) is 2.33. The fourth-order valence-electron chi connectivity index (χ4n) is 1.35. The summed E-state index contributed by atoms with van der Waals surface area (Å²) in [5, 5.41) is 2.93. The topological polar surface area (TPSA) is 38.3 Å². The molecule has 1 N–H and O–H groups in total. The second kappa shape index (κ2) is 6.55. The van der Waals surface area contributed by atoms with E-state index in [4.69, 9.17) is 0 Å². The molecule has 0 aliphatic carbocycles. The van der Waals surface area contributed by atoms with E-state index < -0.39 is 0 Å². The molecule has 1 rings (SSSR count). The summed E-state index contributed by atoms with van der Waals surface area (Å²) in [6.45, 7) is 2.68. The quantitative estimate of drug-likeness (QED) is 0.630. The van der Waals surface area contributed by atoms with Gasteiger partial charge in [-0.15, -0.1) is 11.8 Å². The summed E-state index contributed by atoms with van der Waals surface area (Å²) in [5.74, 6) is -0.191. The molecule has 0 aliphatic rings. The number of methoxy groups -OCH3 is 1. The molecule has 1 aromatic carbocycles. The van der Waals surface area contributed by atoms with Gasteiger partial charge in [0, 0.05) is 11.4 Å². The summed E-state index contributed by atoms with van der Waals surface area (Å²) in [6, 6.07) is 8.15. The number of esters is 1. The van der Waals surface area contributed by atoms with Crippen LogP contribution >= 0.6 is 11.8 Å². The zero-order valence-corrected chi connectivity index (χ0v) is 10.6. The summed E-state index contributed by atoms with van der Waals surface area (Å²) >= 11 is 1.51. The van der Waals surface area contributed by atoms with E-state index in [1.807, 2.05) is 26.1 Å². The third kappa shape index (κ3) is 3.87. The van der Waals surface area contributed by atoms with Gasteiger partial charge in [0.05, 0.1) is 7.11 Å². The van der Waals surface area contributed by atoms with Gasteiger partial charge in [-0.25, -0.2) is 0 Å². The molecule has 0 aliphatic heterocycles. The number of nitrogens with one attached hydrogen (secondary N) is 1. The van der Waals surface area contributed by atoms with Gasteiger partial charge < -0.3 is 10.1 Å². The van der Waals surface area contributed by atoms with Crippen LogP contribution in [0, 0.1) is 0 Å². The summed E-state index contributed by atoms with van der Waals surface area (Å²) < 4.78 is 4.69. The highest BCUT2D eigenvalue weighted by Crippen LogP contribution is 2.24. The zero-order valence-electron chi connectivity index (χ0n) is 9.82. The van der Waals surface area contributed by atoms with Crippen LogP contribution in [0.4, 0.5) is 0 Å². The number of thioether (sulfide) groups is 1. The molecule has 1 atom stereocenters. The number of hydrogen-bond acceptors (Lipinski definition) is 4. The molecule has 88 valence electrons. The number of ether oxygens (including phenoxy) is 1. The first kappa shape index (κ1) is 13.1. The van der Waals surface area contributed by atoms with Crippen molar-refractivity contribution in [1.29, 1.82) is 0 Å². The molecule has 0 bridgehead atoms. The van der Waals surface area contributed by atoms with Crippen molar-refractivity contribution < 1.29 is 9.53 Å². The van der Waals surface area contributed by atoms with E-state index in [0.717, 1.165) is 11.4 Å². The molecule has 16 heavy (non-hydrogen) atoms. The standard InChI is InChI=1S/C12H17NO2S/c1-9(12(14)15-3)16-11-6-4-5-10(7-11)8-13-2/h4-7,9,13H,8H2,1-3H3. The van der Waals surface area contributed by atoms with Crippen LogP contribution < -0.4 is 5.32 Å². The Morgan fingerprint density at radius 2 is 2.31 bits per heavy atom. The Bertz CT molecular complexity index is 355. The van der Waals surface area contributed by atoms with Crippen LogP contribution in [0.1, 0.15) is 12.5 Å². The van der Waals surface area contributed by atoms with Crippen LogP contribution in [0.25, 0.3) is 0 Å². The maximum absolute atomic E-state index is 11.3. The first-order chi connectivity index (χ1) is 7.67. The van der Waals surface area contributed by atoms with Gasteiger partial charge in [0.25, 0.3) is 0 Å². The molecule has 0 heterocycles. The molecule has 0 saturated carbocycles. The summed E-state index contributed by atoms with van der Waals surface area (Å²) in [7, 11) is 3.33. The van der Waals surface area contributed by atoms with Crippen molar-refractivity contribution in [2.24, 2.45) is 0 Å². The molecule has 0 saturated heterocycles. The van der Waals surface area contributed by atoms with Crippen LogP contribution in [0.2, 0.25) is 0 Å². The molecule has 3 nitrogen and oxygen atoms in total. The minimum absolute atomic E-state index is 0.171. The fraction of sp³-hybridized carbons (Fsp3) is 0.417. The number of rotatable bonds is 5. The van der Waals surface area contributed by atoms with Gasteiger partial charge in [-0.05, 0) is 31.7 Å². The molecular formula is C12H17NO2S. The molecular weight excluding hydrogens is 222 g/mol. The Balaban J connectivity index is 2.66. The van der Waals surface area contributed by atoms with Gasteiger partial charge in [0.1, 0.15) is 5.25 Å². The minimum Gasteiger partial charge on any atom is -0.468 e. The molecule has 1 unspecified atom stereocenters. The van der Waals surface area contributed by atoms with Gasteiger partial charge in [-0.2, -0.15) is 0 Å². The molecule has 1 aromatic rings. The van der Waals surface area contributed by atoms with Gasteiger partial charge >= 0.3 is 5.97 Å². The Labute approximate surface area is 101 Å². The van der Waals surface area contributed by atoms with Crippen molar-refractivity contribution in [3.05, 3.63) is 29.8 Å². The van der Waals surface area contributed by atoms with Crippen molar-refractivity contribution >= 4 is 17.7 Å². The van der Waals surface area contributed by atoms with Crippen molar-refractivity contribution in [3.63, 3.8) is 0 Å². The van der Waals surface area contributed by atoms with Crippen molar-refractivity contribution in [2.75, 3.05) is 14.2 Å². The second-order valence-corrected chi connectivity index (χ2v) is 4.88. The Morgan fingerprint density at radius 3 is 2.94 bits per heavy atom. The van der Waals surface area contributed by atoms with Crippen LogP contribution in [0.5, 0.6) is 0 Å². The van der Waals surface area contributed by atoms with Crippen LogP contribution in [-0.4, -0.2) is 25.4 Å². The first-order valence-corrected chi connectivity index (χ1v) is 6.03. The van der Waals surface area contributed by atoms with E-state index in [2.05, 4.69) is 22.2 Å². The third-order valence-electron chi connectivity index (χ3n) is 2.13. The highest BCUT2D eigenvalue weighted by Gasteiger charge is 2.14. The van der Waals surface area contributed by atoms with Crippen LogP contribution in [0.3, 0.4) is 0 Å². The molecule has 4 heteroatoms. The lowest BCUT2D eigenvalue weighted by Crippen LogP contribution is -2.14. The minimum atomic E-state index is -0.191. The van der Waals surface area contributed by atoms with Crippen LogP contribution in [0.15, 0.2) is 29.2 Å². The Hall–Kier alpha value is -1.00. The monoisotopic (exact) mass is 239 g/mol. The zero-order chi connectivity index (χ0) is 12.0. The van der Waals surface area contributed by atoms with E-state index in [9.17, 15) is 4.79 Å². The smallest absolute Gasteiger partial charge is 0.318 e. The third-order valence-corrected chi connectivity index (χ3v) is 3.20. The highest BCUT2D eigenvalue weighted by molar-refractivity contribution is 8.00. The average molecular weight is 239 g/mol. The largest absolute Gasteiger partial charge is 0.468 e. The molecule has 0 fully saturated rings. The van der Waals surface area contributed by atoms with Crippen molar-refractivity contribution in [3.8, 4) is 0 Å². The number of carbonyl (C=O) groups excluding carboxylic acids is 1. The summed E-state index contributed by atoms with van der Waals surface area (Å²) in [5.41, 5.74) is 1.21. The molecule has 0 amide bonds. The Kier molecular flexibility index (Phi) is 5.35. The lowest BCUT2D eigenvalue weighted by molar-refractivity contribution is -0.139. The predicted octanol–water partition coefficient (Wildman–Crippen LogP) is 2.06. The average Bonchev–Trinajstić information content (AvgIpc) is 2.29. The normalized spacial score (nSPS) is 12.2. The SMILES string of the molecule is CNCc1cccc(SC(C)C(=O)OC)c1. The molecule has 0 radical (unpaired) electrons. The van der Waals surface area contributed by atoms with E-state index in [1.54, 1.807) is 0 Å². The van der Waals surface area contributed by atoms with E-state index in [1.165, 1.54) is 24.4 Å². The van der Waals surface area contributed by atoms with E-state index in [-0.39, 0.29) is 11.2 Å². The summed E-state index contributed by atoms with van der Waals surface area (Å²) in [4.78, 5) is 12.4. The maximum atomic E-state index is 11.3. The maximum Gasteiger partial charge on any atom is 0.318 e. The number of carbonyl (C=O) groups is 1. The highest BCUT2D eigenvalue weighted by atomic mass is 32.2. The predicted molar refractivity (Wildman–Crippen MR) is 66.5 cm³/mol. The van der Waals surface area contributed by atoms with Gasteiger partial charge in [0.2, 0.25) is 0 Å². The second-order valence-electron chi connectivity index (χ2n) is 3.46. The van der Waals surface area contributed by atoms with Gasteiger partial charge in [-0.3, -0.25) is 4.79 Å². The summed E-state index contributed by atoms with van der Waals surface area (Å²) in [6.07, 6.45) is 0.